The van der Waals surface area contributed by atoms with Crippen LogP contribution in [0.1, 0.15) is 309 Å². The van der Waals surface area contributed by atoms with Gasteiger partial charge in [-0.25, -0.2) is 0 Å². The SMILES string of the molecule is CC/C=C\C/C=C\C/C=C\C/C=C\C/C=C\C/C=C\C/C=C\C/C=C\C/C=C\C/C=C\CCCCCCCCC(=O)NC(COC1OC(CO)C(OC2OC(CO)C(O)C(O)C2O)C(O)C1O)C(O)/C=C/CC/C=C/CC/C=C/CCCCCCCCCCCCCCCCCCCCCCCCC. The minimum absolute atomic E-state index is 0.242. The number of carbonyl (C=O) groups is 1. The largest absolute Gasteiger partial charge is 0.394 e. The zero-order chi connectivity index (χ0) is 75.1. The fourth-order valence-electron chi connectivity index (χ4n) is 12.6. The zero-order valence-corrected chi connectivity index (χ0v) is 65.2. The molecular weight excluding hydrogens is 1300 g/mol. The van der Waals surface area contributed by atoms with Crippen LogP contribution in [0.5, 0.6) is 0 Å². The van der Waals surface area contributed by atoms with Crippen molar-refractivity contribution in [2.45, 2.75) is 383 Å². The molecule has 0 aromatic heterocycles. The Bertz CT molecular complexity index is 2370. The monoisotopic (exact) mass is 1450 g/mol. The van der Waals surface area contributed by atoms with Crippen molar-refractivity contribution in [2.75, 3.05) is 19.8 Å². The standard InChI is InChI=1S/C90H151NO13/c1-3-5-7-9-11-13-15-17-19-21-23-25-27-29-31-33-35-37-38-39-40-42-44-46-48-50-52-54-56-58-60-62-64-66-68-70-72-74-82(95)91-78(77-101-89-87(100)85(98)88(81(76-93)103-89)104-90-86(99)84(97)83(96)80(75-92)102-90)79(94)73-71-69-67-65-63-61-59-57-55-53-51-49-47-45-43-41-36-34-32-30-28-26-24-22-20-18-16-14-12-10-8-6-4-2/h5,7,11,13,17,19,23,25,29,31,35,37,39-40,44,46,50,52,55-58,63,65,71,73,78-81,83-90,92-94,96-100H,3-4,6,8-10,12,14-16,18,20-22,24,26-28,30,32-34,36,38,41-43,45,47-49,51,53-54,59-62,64,66-70,72,74-77H2,1-2H3,(H,91,95)/b7-5-,13-11-,19-17-,25-23-,31-29-,37-35-,40-39-,46-44-,52-50-,57-55+,58-56-,65-63+,73-71+. The molecule has 0 bridgehead atoms. The maximum absolute atomic E-state index is 13.4. The molecule has 0 radical (unpaired) electrons. The zero-order valence-electron chi connectivity index (χ0n) is 65.2. The summed E-state index contributed by atoms with van der Waals surface area (Å²) in [4.78, 5) is 13.4. The normalized spacial score (nSPS) is 22.3. The predicted molar refractivity (Wildman–Crippen MR) is 433 cm³/mol. The van der Waals surface area contributed by atoms with Crippen LogP contribution in [0.3, 0.4) is 0 Å². The van der Waals surface area contributed by atoms with E-state index in [1.807, 2.05) is 6.08 Å². The third kappa shape index (κ3) is 53.4. The molecule has 2 saturated heterocycles. The lowest BCUT2D eigenvalue weighted by Crippen LogP contribution is -2.65. The van der Waals surface area contributed by atoms with E-state index in [0.29, 0.717) is 12.8 Å². The molecule has 12 unspecified atom stereocenters. The van der Waals surface area contributed by atoms with Crippen LogP contribution in [0.2, 0.25) is 0 Å². The van der Waals surface area contributed by atoms with Crippen molar-refractivity contribution in [3.05, 3.63) is 158 Å². The summed E-state index contributed by atoms with van der Waals surface area (Å²) in [6.45, 7) is 2.67. The molecule has 1 amide bonds. The van der Waals surface area contributed by atoms with Gasteiger partial charge in [0.05, 0.1) is 32.0 Å². The number of allylic oxidation sites excluding steroid dienone is 25. The number of unbranched alkanes of at least 4 members (excludes halogenated alkanes) is 31. The Morgan fingerprint density at radius 3 is 1.06 bits per heavy atom. The van der Waals surface area contributed by atoms with Gasteiger partial charge in [0.15, 0.2) is 12.6 Å². The highest BCUT2D eigenvalue weighted by atomic mass is 16.7. The van der Waals surface area contributed by atoms with Crippen molar-refractivity contribution >= 4 is 5.91 Å². The van der Waals surface area contributed by atoms with Crippen molar-refractivity contribution in [2.24, 2.45) is 0 Å². The maximum atomic E-state index is 13.4. The Kier molecular flexibility index (Phi) is 65.8. The van der Waals surface area contributed by atoms with E-state index in [4.69, 9.17) is 18.9 Å². The smallest absolute Gasteiger partial charge is 0.220 e. The fourth-order valence-corrected chi connectivity index (χ4v) is 12.6. The molecule has 12 atom stereocenters. The van der Waals surface area contributed by atoms with Crippen LogP contribution in [-0.4, -0.2) is 140 Å². The second kappa shape index (κ2) is 71.5. The molecule has 0 saturated carbocycles. The molecule has 2 rings (SSSR count). The predicted octanol–water partition coefficient (Wildman–Crippen LogP) is 19.7. The molecule has 2 heterocycles. The van der Waals surface area contributed by atoms with Crippen molar-refractivity contribution in [1.82, 2.24) is 5.32 Å². The van der Waals surface area contributed by atoms with Crippen molar-refractivity contribution < 1.29 is 64.6 Å². The molecular formula is C90H151NO13. The molecule has 9 N–H and O–H groups in total. The summed E-state index contributed by atoms with van der Waals surface area (Å²) in [5.41, 5.74) is 0. The van der Waals surface area contributed by atoms with Crippen LogP contribution in [-0.2, 0) is 23.7 Å². The van der Waals surface area contributed by atoms with E-state index in [2.05, 4.69) is 165 Å². The number of hydrogen-bond acceptors (Lipinski definition) is 13. The average molecular weight is 1460 g/mol. The van der Waals surface area contributed by atoms with Gasteiger partial charge in [-0.15, -0.1) is 0 Å². The highest BCUT2D eigenvalue weighted by Gasteiger charge is 2.51. The van der Waals surface area contributed by atoms with Crippen LogP contribution < -0.4 is 5.32 Å². The maximum Gasteiger partial charge on any atom is 0.220 e. The van der Waals surface area contributed by atoms with Crippen LogP contribution >= 0.6 is 0 Å². The molecule has 14 heteroatoms. The van der Waals surface area contributed by atoms with Gasteiger partial charge in [0.2, 0.25) is 5.91 Å². The Labute approximate surface area is 633 Å². The molecule has 0 aromatic rings. The first kappa shape index (κ1) is 95.7. The van der Waals surface area contributed by atoms with Gasteiger partial charge in [0.1, 0.15) is 48.8 Å². The molecule has 104 heavy (non-hydrogen) atoms. The average Bonchev–Trinajstić information content (AvgIpc) is 0.790. The number of aliphatic hydroxyl groups excluding tert-OH is 8. The number of ether oxygens (including phenoxy) is 4. The van der Waals surface area contributed by atoms with Crippen LogP contribution in [0, 0.1) is 0 Å². The summed E-state index contributed by atoms with van der Waals surface area (Å²) in [6.07, 6.45) is 93.3. The lowest BCUT2D eigenvalue weighted by atomic mass is 9.97. The van der Waals surface area contributed by atoms with Crippen LogP contribution in [0.15, 0.2) is 158 Å². The van der Waals surface area contributed by atoms with E-state index in [9.17, 15) is 45.6 Å². The first-order chi connectivity index (χ1) is 51.1. The van der Waals surface area contributed by atoms with E-state index in [0.717, 1.165) is 128 Å². The molecule has 594 valence electrons. The van der Waals surface area contributed by atoms with Gasteiger partial charge in [-0.2, -0.15) is 0 Å². The molecule has 0 aliphatic carbocycles. The Morgan fingerprint density at radius 2 is 0.673 bits per heavy atom. The first-order valence-corrected chi connectivity index (χ1v) is 41.7. The Hall–Kier alpha value is -4.39. The summed E-state index contributed by atoms with van der Waals surface area (Å²) in [7, 11) is 0. The number of hydrogen-bond donors (Lipinski definition) is 9. The number of aliphatic hydroxyl groups is 8. The van der Waals surface area contributed by atoms with Crippen LogP contribution in [0.4, 0.5) is 0 Å². The first-order valence-electron chi connectivity index (χ1n) is 41.7. The second-order valence-corrected chi connectivity index (χ2v) is 28.5. The minimum atomic E-state index is -1.80. The van der Waals surface area contributed by atoms with Crippen molar-refractivity contribution in [3.8, 4) is 0 Å². The summed E-state index contributed by atoms with van der Waals surface area (Å²) >= 11 is 0. The Balaban J connectivity index is 1.66. The molecule has 14 nitrogen and oxygen atoms in total. The van der Waals surface area contributed by atoms with E-state index in [1.54, 1.807) is 6.08 Å². The van der Waals surface area contributed by atoms with Gasteiger partial charge in [0, 0.05) is 6.42 Å². The summed E-state index contributed by atoms with van der Waals surface area (Å²) in [5.74, 6) is -0.272. The van der Waals surface area contributed by atoms with Crippen LogP contribution in [0.25, 0.3) is 0 Å². The summed E-state index contributed by atoms with van der Waals surface area (Å²) in [5, 5.41) is 87.7. The quantitative estimate of drug-likeness (QED) is 0.0204. The molecule has 2 aliphatic heterocycles. The van der Waals surface area contributed by atoms with E-state index < -0.39 is 86.8 Å². The third-order valence-electron chi connectivity index (χ3n) is 19.2. The van der Waals surface area contributed by atoms with Gasteiger partial charge in [-0.3, -0.25) is 4.79 Å². The van der Waals surface area contributed by atoms with Gasteiger partial charge in [0.25, 0.3) is 0 Å². The lowest BCUT2D eigenvalue weighted by Gasteiger charge is -2.46. The van der Waals surface area contributed by atoms with Crippen molar-refractivity contribution in [1.29, 1.82) is 0 Å². The van der Waals surface area contributed by atoms with Gasteiger partial charge >= 0.3 is 0 Å². The van der Waals surface area contributed by atoms with Gasteiger partial charge in [-0.05, 0) is 122 Å². The third-order valence-corrected chi connectivity index (χ3v) is 19.2. The van der Waals surface area contributed by atoms with E-state index >= 15 is 0 Å². The fraction of sp³-hybridized carbons (Fsp3) is 0.700. The highest BCUT2D eigenvalue weighted by Crippen LogP contribution is 2.30. The minimum Gasteiger partial charge on any atom is -0.394 e. The van der Waals surface area contributed by atoms with Gasteiger partial charge < -0.3 is 65.1 Å². The lowest BCUT2D eigenvalue weighted by molar-refractivity contribution is -0.359. The molecule has 0 spiro atoms. The second-order valence-electron chi connectivity index (χ2n) is 28.5. The molecule has 0 aromatic carbocycles. The number of amides is 1. The molecule has 2 aliphatic rings. The summed E-state index contributed by atoms with van der Waals surface area (Å²) in [6, 6.07) is -0.961. The summed E-state index contributed by atoms with van der Waals surface area (Å²) < 4.78 is 22.9. The topological polar surface area (TPSA) is 228 Å². The highest BCUT2D eigenvalue weighted by molar-refractivity contribution is 5.76. The van der Waals surface area contributed by atoms with E-state index in [-0.39, 0.29) is 18.9 Å². The number of carbonyl (C=O) groups excluding carboxylic acids is 1. The van der Waals surface area contributed by atoms with E-state index in [1.165, 1.54) is 148 Å². The number of rotatable bonds is 68. The van der Waals surface area contributed by atoms with Gasteiger partial charge in [-0.1, -0.05) is 339 Å². The Morgan fingerprint density at radius 1 is 0.356 bits per heavy atom. The number of nitrogens with one attached hydrogen (secondary N) is 1. The molecule has 2 fully saturated rings. The van der Waals surface area contributed by atoms with Crippen molar-refractivity contribution in [3.63, 3.8) is 0 Å².